The van der Waals surface area contributed by atoms with E-state index in [2.05, 4.69) is 106 Å². The molecule has 0 heterocycles. The molecule has 0 N–H and O–H groups in total. The van der Waals surface area contributed by atoms with Crippen molar-refractivity contribution < 1.29 is 23.8 Å². The van der Waals surface area contributed by atoms with E-state index in [9.17, 15) is 9.59 Å². The fraction of sp³-hybridized carbons (Fsp3) is 0.738. The topological polar surface area (TPSA) is 61.8 Å². The van der Waals surface area contributed by atoms with Gasteiger partial charge in [0.25, 0.3) is 0 Å². The third-order valence-electron chi connectivity index (χ3n) is 11.9. The monoisotopic (exact) mass is 919 g/mol. The summed E-state index contributed by atoms with van der Waals surface area (Å²) in [5.41, 5.74) is 0. The van der Waals surface area contributed by atoms with E-state index in [1.54, 1.807) is 0 Å². The highest BCUT2D eigenvalue weighted by Gasteiger charge is 2.17. The van der Waals surface area contributed by atoms with Gasteiger partial charge in [-0.15, -0.1) is 0 Å². The standard InChI is InChI=1S/C61H106O5/c1-4-7-10-13-16-19-22-25-28-30-31-32-34-36-39-42-45-48-51-54-60(62)65-58-59(57-64-56-53-50-47-44-41-38-35-29-26-23-20-17-14-11-8-5-2)66-61(63)55-52-49-46-43-40-37-33-27-24-21-18-15-12-9-6-3/h8,11,17-18,20-21,26-27,29,33,38,41,47,50,59H,4-7,9-10,12-16,19,22-25,28,30-32,34-37,39-40,42-46,48-49,51-58H2,1-3H3/b11-8-,20-17-,21-18-,29-26-,33-27-,41-38-,50-47-. The minimum absolute atomic E-state index is 0.0491. The quantitative estimate of drug-likeness (QED) is 0.0346. The van der Waals surface area contributed by atoms with Gasteiger partial charge >= 0.3 is 11.9 Å². The molecule has 0 saturated carbocycles. The number of hydrogen-bond donors (Lipinski definition) is 0. The molecule has 66 heavy (non-hydrogen) atoms. The van der Waals surface area contributed by atoms with Crippen molar-refractivity contribution in [3.05, 3.63) is 85.1 Å². The van der Waals surface area contributed by atoms with Gasteiger partial charge in [-0.2, -0.15) is 0 Å². The minimum atomic E-state index is -0.585. The molecule has 0 bridgehead atoms. The largest absolute Gasteiger partial charge is 0.462 e. The van der Waals surface area contributed by atoms with Gasteiger partial charge in [0.2, 0.25) is 0 Å². The molecule has 0 aliphatic heterocycles. The molecule has 0 aromatic carbocycles. The van der Waals surface area contributed by atoms with Gasteiger partial charge in [-0.1, -0.05) is 254 Å². The molecule has 0 radical (unpaired) electrons. The number of carbonyl (C=O) groups excluding carboxylic acids is 2. The summed E-state index contributed by atoms with van der Waals surface area (Å²) in [5, 5.41) is 0. The summed E-state index contributed by atoms with van der Waals surface area (Å²) in [5.74, 6) is -0.447. The van der Waals surface area contributed by atoms with Crippen LogP contribution in [0.5, 0.6) is 0 Å². The van der Waals surface area contributed by atoms with E-state index in [0.717, 1.165) is 83.5 Å². The average Bonchev–Trinajstić information content (AvgIpc) is 3.32. The molecule has 1 atom stereocenters. The highest BCUT2D eigenvalue weighted by molar-refractivity contribution is 5.70. The molecular weight excluding hydrogens is 813 g/mol. The molecule has 0 spiro atoms. The Morgan fingerprint density at radius 2 is 0.682 bits per heavy atom. The zero-order valence-corrected chi connectivity index (χ0v) is 43.7. The summed E-state index contributed by atoms with van der Waals surface area (Å²) in [4.78, 5) is 25.5. The first-order chi connectivity index (χ1) is 32.6. The lowest BCUT2D eigenvalue weighted by atomic mass is 10.0. The number of ether oxygens (including phenoxy) is 3. The van der Waals surface area contributed by atoms with Crippen LogP contribution in [-0.4, -0.2) is 37.9 Å². The van der Waals surface area contributed by atoms with Crippen LogP contribution < -0.4 is 0 Å². The maximum Gasteiger partial charge on any atom is 0.306 e. The number of carbonyl (C=O) groups is 2. The summed E-state index contributed by atoms with van der Waals surface area (Å²) in [6.07, 6.45) is 74.8. The van der Waals surface area contributed by atoms with Gasteiger partial charge in [0.1, 0.15) is 6.61 Å². The van der Waals surface area contributed by atoms with E-state index in [1.807, 2.05) is 0 Å². The second-order valence-electron chi connectivity index (χ2n) is 18.5. The van der Waals surface area contributed by atoms with Crippen LogP contribution in [0.4, 0.5) is 0 Å². The Hall–Kier alpha value is -2.92. The first kappa shape index (κ1) is 63.1. The molecule has 0 aromatic rings. The van der Waals surface area contributed by atoms with Crippen LogP contribution in [0.2, 0.25) is 0 Å². The van der Waals surface area contributed by atoms with Crippen LogP contribution in [0.1, 0.15) is 265 Å². The van der Waals surface area contributed by atoms with Crippen molar-refractivity contribution in [2.24, 2.45) is 0 Å². The van der Waals surface area contributed by atoms with Crippen molar-refractivity contribution in [1.29, 1.82) is 0 Å². The lowest BCUT2D eigenvalue weighted by Gasteiger charge is -2.18. The summed E-state index contributed by atoms with van der Waals surface area (Å²) >= 11 is 0. The van der Waals surface area contributed by atoms with E-state index in [4.69, 9.17) is 14.2 Å². The molecule has 0 fully saturated rings. The van der Waals surface area contributed by atoms with Crippen LogP contribution in [0.15, 0.2) is 85.1 Å². The van der Waals surface area contributed by atoms with E-state index in [1.165, 1.54) is 148 Å². The first-order valence-electron chi connectivity index (χ1n) is 28.1. The molecule has 380 valence electrons. The molecule has 5 nitrogen and oxygen atoms in total. The summed E-state index contributed by atoms with van der Waals surface area (Å²) in [6.45, 7) is 7.49. The normalized spacial score (nSPS) is 12.8. The lowest BCUT2D eigenvalue weighted by Crippen LogP contribution is -2.30. The Labute approximate surface area is 409 Å². The molecule has 0 aromatic heterocycles. The SMILES string of the molecule is CC/C=C\C/C=C\C/C=C\C/C=C\C/C=C\CCOCC(COC(=O)CCCCCCCCCCCCCCCCCCCCC)OC(=O)CCCCCCC/C=C\C/C=C\CCCCC. The summed E-state index contributed by atoms with van der Waals surface area (Å²) in [7, 11) is 0. The Kier molecular flexibility index (Phi) is 53.9. The molecule has 5 heteroatoms. The Morgan fingerprint density at radius 1 is 0.348 bits per heavy atom. The van der Waals surface area contributed by atoms with E-state index < -0.39 is 6.10 Å². The molecule has 0 aliphatic rings. The van der Waals surface area contributed by atoms with Gasteiger partial charge in [0, 0.05) is 12.8 Å². The third kappa shape index (κ3) is 53.7. The second kappa shape index (κ2) is 56.4. The van der Waals surface area contributed by atoms with Crippen molar-refractivity contribution in [2.45, 2.75) is 271 Å². The van der Waals surface area contributed by atoms with E-state index >= 15 is 0 Å². The predicted octanol–water partition coefficient (Wildman–Crippen LogP) is 19.2. The van der Waals surface area contributed by atoms with Crippen LogP contribution in [0.3, 0.4) is 0 Å². The second-order valence-corrected chi connectivity index (χ2v) is 18.5. The highest BCUT2D eigenvalue weighted by atomic mass is 16.6. The van der Waals surface area contributed by atoms with E-state index in [0.29, 0.717) is 19.4 Å². The van der Waals surface area contributed by atoms with Crippen molar-refractivity contribution in [3.63, 3.8) is 0 Å². The molecule has 0 rings (SSSR count). The maximum atomic E-state index is 12.8. The fourth-order valence-corrected chi connectivity index (χ4v) is 7.78. The van der Waals surface area contributed by atoms with Crippen molar-refractivity contribution >= 4 is 11.9 Å². The smallest absolute Gasteiger partial charge is 0.306 e. The van der Waals surface area contributed by atoms with Crippen LogP contribution >= 0.6 is 0 Å². The lowest BCUT2D eigenvalue weighted by molar-refractivity contribution is -0.162. The van der Waals surface area contributed by atoms with Gasteiger partial charge in [-0.25, -0.2) is 0 Å². The number of hydrogen-bond acceptors (Lipinski definition) is 5. The summed E-state index contributed by atoms with van der Waals surface area (Å²) < 4.78 is 17.3. The fourth-order valence-electron chi connectivity index (χ4n) is 7.78. The predicted molar refractivity (Wildman–Crippen MR) is 288 cm³/mol. The van der Waals surface area contributed by atoms with Crippen LogP contribution in [0.25, 0.3) is 0 Å². The molecule has 1 unspecified atom stereocenters. The average molecular weight is 920 g/mol. The van der Waals surface area contributed by atoms with Crippen LogP contribution in [0, 0.1) is 0 Å². The van der Waals surface area contributed by atoms with Crippen LogP contribution in [-0.2, 0) is 23.8 Å². The number of esters is 2. The highest BCUT2D eigenvalue weighted by Crippen LogP contribution is 2.16. The minimum Gasteiger partial charge on any atom is -0.462 e. The Balaban J connectivity index is 4.35. The van der Waals surface area contributed by atoms with Gasteiger partial charge < -0.3 is 14.2 Å². The van der Waals surface area contributed by atoms with Crippen molar-refractivity contribution in [1.82, 2.24) is 0 Å². The maximum absolute atomic E-state index is 12.8. The third-order valence-corrected chi connectivity index (χ3v) is 11.9. The van der Waals surface area contributed by atoms with E-state index in [-0.39, 0.29) is 25.2 Å². The van der Waals surface area contributed by atoms with Gasteiger partial charge in [-0.05, 0) is 83.5 Å². The van der Waals surface area contributed by atoms with Gasteiger partial charge in [0.05, 0.1) is 13.2 Å². The Morgan fingerprint density at radius 3 is 1.12 bits per heavy atom. The summed E-state index contributed by atoms with van der Waals surface area (Å²) in [6, 6.07) is 0. The zero-order valence-electron chi connectivity index (χ0n) is 43.7. The molecular formula is C61H106O5. The zero-order chi connectivity index (χ0) is 47.7. The number of unbranched alkanes of at least 4 members (excludes halogenated alkanes) is 26. The number of allylic oxidation sites excluding steroid dienone is 13. The van der Waals surface area contributed by atoms with Crippen molar-refractivity contribution in [2.75, 3.05) is 19.8 Å². The van der Waals surface area contributed by atoms with Crippen molar-refractivity contribution in [3.8, 4) is 0 Å². The number of rotatable bonds is 51. The Bertz CT molecular complexity index is 1220. The van der Waals surface area contributed by atoms with Gasteiger partial charge in [0.15, 0.2) is 6.10 Å². The molecule has 0 amide bonds. The molecule has 0 aliphatic carbocycles. The van der Waals surface area contributed by atoms with Gasteiger partial charge in [-0.3, -0.25) is 9.59 Å². The first-order valence-corrected chi connectivity index (χ1v) is 28.1. The molecule has 0 saturated heterocycles.